The van der Waals surface area contributed by atoms with E-state index in [1.807, 2.05) is 0 Å². The van der Waals surface area contributed by atoms with Crippen LogP contribution in [0.3, 0.4) is 0 Å². The second-order valence-electron chi connectivity index (χ2n) is 6.00. The first-order valence-corrected chi connectivity index (χ1v) is 7.37. The highest BCUT2D eigenvalue weighted by Gasteiger charge is 2.34. The fraction of sp³-hybridized carbons (Fsp3) is 1.00. The Morgan fingerprint density at radius 2 is 1.76 bits per heavy atom. The zero-order valence-corrected chi connectivity index (χ0v) is 12.2. The Balaban J connectivity index is 0.00000144. The average Bonchev–Trinajstić information content (AvgIpc) is 2.64. The van der Waals surface area contributed by atoms with Crippen molar-refractivity contribution in [2.45, 2.75) is 57.2 Å². The summed E-state index contributed by atoms with van der Waals surface area (Å²) in [5.41, 5.74) is 0. The summed E-state index contributed by atoms with van der Waals surface area (Å²) in [6.45, 7) is 10.2. The van der Waals surface area contributed by atoms with Crippen molar-refractivity contribution in [3.05, 3.63) is 0 Å². The van der Waals surface area contributed by atoms with Gasteiger partial charge in [0.2, 0.25) is 0 Å². The van der Waals surface area contributed by atoms with E-state index in [9.17, 15) is 0 Å². The highest BCUT2D eigenvalue weighted by molar-refractivity contribution is 7.98. The molecule has 2 aliphatic heterocycles. The van der Waals surface area contributed by atoms with Gasteiger partial charge in [-0.05, 0) is 52.4 Å². The number of nitrogens with zero attached hydrogens (tertiary/aromatic N) is 1. The summed E-state index contributed by atoms with van der Waals surface area (Å²) < 4.78 is 8.49. The molecule has 0 amide bonds. The SMILES string of the molecule is CC(C)(C)SN1CCC[C@@H]1C1CCOCC1.O. The Morgan fingerprint density at radius 3 is 2.35 bits per heavy atom. The number of ether oxygens (including phenoxy) is 1. The molecule has 2 rings (SSSR count). The Labute approximate surface area is 110 Å². The van der Waals surface area contributed by atoms with Crippen LogP contribution in [-0.2, 0) is 4.74 Å². The molecule has 0 aromatic rings. The third kappa shape index (κ3) is 4.43. The summed E-state index contributed by atoms with van der Waals surface area (Å²) >= 11 is 2.06. The smallest absolute Gasteiger partial charge is 0.0469 e. The quantitative estimate of drug-likeness (QED) is 0.717. The van der Waals surface area contributed by atoms with Crippen LogP contribution in [0.25, 0.3) is 0 Å². The van der Waals surface area contributed by atoms with Gasteiger partial charge in [0.1, 0.15) is 0 Å². The van der Waals surface area contributed by atoms with Gasteiger partial charge in [0.25, 0.3) is 0 Å². The van der Waals surface area contributed by atoms with Crippen molar-refractivity contribution in [1.82, 2.24) is 4.31 Å². The molecule has 2 N–H and O–H groups in total. The van der Waals surface area contributed by atoms with Gasteiger partial charge in [0.15, 0.2) is 0 Å². The van der Waals surface area contributed by atoms with Crippen LogP contribution in [0.2, 0.25) is 0 Å². The number of hydrogen-bond acceptors (Lipinski definition) is 3. The zero-order chi connectivity index (χ0) is 11.6. The van der Waals surface area contributed by atoms with E-state index in [4.69, 9.17) is 4.74 Å². The van der Waals surface area contributed by atoms with E-state index in [2.05, 4.69) is 37.0 Å². The zero-order valence-electron chi connectivity index (χ0n) is 11.4. The van der Waals surface area contributed by atoms with Gasteiger partial charge in [-0.25, -0.2) is 4.31 Å². The van der Waals surface area contributed by atoms with Crippen LogP contribution in [0.4, 0.5) is 0 Å². The average molecular weight is 261 g/mol. The molecule has 17 heavy (non-hydrogen) atoms. The molecule has 4 heteroatoms. The summed E-state index contributed by atoms with van der Waals surface area (Å²) in [7, 11) is 0. The number of rotatable bonds is 2. The van der Waals surface area contributed by atoms with Crippen LogP contribution < -0.4 is 0 Å². The highest BCUT2D eigenvalue weighted by atomic mass is 32.2. The minimum atomic E-state index is 0. The molecular weight excluding hydrogens is 234 g/mol. The van der Waals surface area contributed by atoms with E-state index in [-0.39, 0.29) is 5.48 Å². The van der Waals surface area contributed by atoms with E-state index in [0.29, 0.717) is 4.75 Å². The van der Waals surface area contributed by atoms with Crippen LogP contribution in [0.1, 0.15) is 46.5 Å². The largest absolute Gasteiger partial charge is 0.412 e. The lowest BCUT2D eigenvalue weighted by Gasteiger charge is -2.36. The highest BCUT2D eigenvalue weighted by Crippen LogP contribution is 2.39. The van der Waals surface area contributed by atoms with Gasteiger partial charge in [-0.1, -0.05) is 11.9 Å². The molecule has 2 saturated heterocycles. The van der Waals surface area contributed by atoms with Crippen LogP contribution in [0.15, 0.2) is 0 Å². The number of hydrogen-bond donors (Lipinski definition) is 0. The first-order chi connectivity index (χ1) is 7.56. The Hall–Kier alpha value is 0.230. The molecule has 2 fully saturated rings. The molecule has 0 radical (unpaired) electrons. The van der Waals surface area contributed by atoms with Gasteiger partial charge >= 0.3 is 0 Å². The minimum absolute atomic E-state index is 0. The molecule has 0 saturated carbocycles. The van der Waals surface area contributed by atoms with Crippen molar-refractivity contribution in [2.24, 2.45) is 5.92 Å². The van der Waals surface area contributed by atoms with Crippen LogP contribution in [0.5, 0.6) is 0 Å². The van der Waals surface area contributed by atoms with Gasteiger partial charge in [-0.15, -0.1) is 0 Å². The van der Waals surface area contributed by atoms with Crippen molar-refractivity contribution in [1.29, 1.82) is 0 Å². The Kier molecular flexibility index (Phi) is 5.77. The van der Waals surface area contributed by atoms with Crippen LogP contribution in [-0.4, -0.2) is 40.3 Å². The summed E-state index contributed by atoms with van der Waals surface area (Å²) in [5, 5.41) is 0. The summed E-state index contributed by atoms with van der Waals surface area (Å²) in [6.07, 6.45) is 5.32. The lowest BCUT2D eigenvalue weighted by atomic mass is 9.91. The fourth-order valence-corrected chi connectivity index (χ4v) is 4.14. The van der Waals surface area contributed by atoms with E-state index in [1.165, 1.54) is 32.2 Å². The van der Waals surface area contributed by atoms with Gasteiger partial charge < -0.3 is 10.2 Å². The molecule has 0 unspecified atom stereocenters. The maximum absolute atomic E-state index is 5.47. The molecule has 102 valence electrons. The third-order valence-electron chi connectivity index (χ3n) is 3.45. The molecule has 3 nitrogen and oxygen atoms in total. The van der Waals surface area contributed by atoms with E-state index in [0.717, 1.165) is 25.2 Å². The van der Waals surface area contributed by atoms with Gasteiger partial charge in [0.05, 0.1) is 0 Å². The van der Waals surface area contributed by atoms with Crippen molar-refractivity contribution in [2.75, 3.05) is 19.8 Å². The fourth-order valence-electron chi connectivity index (χ4n) is 2.80. The first kappa shape index (κ1) is 15.3. The molecule has 0 aromatic carbocycles. The van der Waals surface area contributed by atoms with Crippen molar-refractivity contribution < 1.29 is 10.2 Å². The molecule has 0 aromatic heterocycles. The second kappa shape index (κ2) is 6.41. The summed E-state index contributed by atoms with van der Waals surface area (Å²) in [4.78, 5) is 0. The standard InChI is InChI=1S/C13H25NOS.H2O/c1-13(2,3)16-14-8-4-5-12(14)11-6-9-15-10-7-11;/h11-12H,4-10H2,1-3H3;1H2/t12-;/m1./s1. The normalized spacial score (nSPS) is 28.1. The summed E-state index contributed by atoms with van der Waals surface area (Å²) in [5.74, 6) is 0.881. The van der Waals surface area contributed by atoms with Crippen LogP contribution >= 0.6 is 11.9 Å². The van der Waals surface area contributed by atoms with Gasteiger partial charge in [0, 0.05) is 30.5 Å². The van der Waals surface area contributed by atoms with Crippen molar-refractivity contribution >= 4 is 11.9 Å². The maximum atomic E-state index is 5.47. The summed E-state index contributed by atoms with van der Waals surface area (Å²) in [6, 6.07) is 0.813. The molecular formula is C13H27NO2S. The molecule has 0 bridgehead atoms. The molecule has 0 spiro atoms. The lowest BCUT2D eigenvalue weighted by molar-refractivity contribution is 0.0486. The van der Waals surface area contributed by atoms with E-state index >= 15 is 0 Å². The topological polar surface area (TPSA) is 44.0 Å². The molecule has 2 heterocycles. The predicted molar refractivity (Wildman–Crippen MR) is 74.2 cm³/mol. The molecule has 1 atom stereocenters. The first-order valence-electron chi connectivity index (χ1n) is 6.60. The predicted octanol–water partition coefficient (Wildman–Crippen LogP) is 2.50. The Bertz CT molecular complexity index is 224. The van der Waals surface area contributed by atoms with E-state index in [1.54, 1.807) is 0 Å². The second-order valence-corrected chi connectivity index (χ2v) is 7.88. The van der Waals surface area contributed by atoms with E-state index < -0.39 is 0 Å². The maximum Gasteiger partial charge on any atom is 0.0469 e. The Morgan fingerprint density at radius 1 is 1.12 bits per heavy atom. The lowest BCUT2D eigenvalue weighted by Crippen LogP contribution is -2.36. The van der Waals surface area contributed by atoms with Gasteiger partial charge in [-0.3, -0.25) is 0 Å². The van der Waals surface area contributed by atoms with Gasteiger partial charge in [-0.2, -0.15) is 0 Å². The molecule has 2 aliphatic rings. The van der Waals surface area contributed by atoms with Crippen molar-refractivity contribution in [3.8, 4) is 0 Å². The third-order valence-corrected chi connectivity index (χ3v) is 4.69. The van der Waals surface area contributed by atoms with Crippen LogP contribution in [0, 0.1) is 5.92 Å². The van der Waals surface area contributed by atoms with Crippen molar-refractivity contribution in [3.63, 3.8) is 0 Å². The molecule has 0 aliphatic carbocycles. The monoisotopic (exact) mass is 261 g/mol. The minimum Gasteiger partial charge on any atom is -0.412 e.